The van der Waals surface area contributed by atoms with Gasteiger partial charge in [-0.2, -0.15) is 5.10 Å². The number of carbonyl (C=O) groups is 2. The van der Waals surface area contributed by atoms with Crippen LogP contribution in [-0.2, 0) is 6.54 Å². The molecule has 2 amide bonds. The maximum Gasteiger partial charge on any atom is 0.275 e. The Morgan fingerprint density at radius 1 is 1.32 bits per heavy atom. The van der Waals surface area contributed by atoms with Gasteiger partial charge in [-0.05, 0) is 32.0 Å². The van der Waals surface area contributed by atoms with E-state index in [1.54, 1.807) is 42.9 Å². The number of carbonyl (C=O) groups excluding carboxylic acids is 2. The van der Waals surface area contributed by atoms with Gasteiger partial charge in [0.15, 0.2) is 0 Å². The van der Waals surface area contributed by atoms with Gasteiger partial charge in [0.1, 0.15) is 5.69 Å². The quantitative estimate of drug-likeness (QED) is 0.908. The highest BCUT2D eigenvalue weighted by atomic mass is 35.5. The molecule has 0 bridgehead atoms. The molecule has 1 aromatic heterocycles. The summed E-state index contributed by atoms with van der Waals surface area (Å²) in [5, 5.41) is 9.82. The molecule has 0 saturated heterocycles. The summed E-state index contributed by atoms with van der Waals surface area (Å²) in [5.41, 5.74) is 1.90. The molecule has 2 aromatic rings. The molecule has 0 unspecified atom stereocenters. The minimum absolute atomic E-state index is 0.219. The van der Waals surface area contributed by atoms with Crippen LogP contribution in [0.15, 0.2) is 24.3 Å². The zero-order valence-electron chi connectivity index (χ0n) is 12.6. The molecule has 7 heteroatoms. The summed E-state index contributed by atoms with van der Waals surface area (Å²) >= 11 is 6.15. The molecule has 0 spiro atoms. The number of benzene rings is 1. The lowest BCUT2D eigenvalue weighted by Crippen LogP contribution is -2.20. The molecule has 1 aromatic carbocycles. The molecule has 0 aliphatic rings. The number of aryl methyl sites for hydroxylation is 2. The van der Waals surface area contributed by atoms with Gasteiger partial charge in [-0.25, -0.2) is 0 Å². The van der Waals surface area contributed by atoms with Gasteiger partial charge in [-0.1, -0.05) is 17.7 Å². The number of nitrogens with one attached hydrogen (secondary N) is 2. The lowest BCUT2D eigenvalue weighted by atomic mass is 10.2. The number of rotatable bonds is 4. The van der Waals surface area contributed by atoms with Crippen LogP contribution in [-0.4, -0.2) is 28.6 Å². The SMILES string of the molecule is CCn1nc(C)c(Cl)c1C(=O)Nc1cccc(C(=O)NC)c1. The predicted octanol–water partition coefficient (Wildman–Crippen LogP) is 2.48. The first-order valence-corrected chi connectivity index (χ1v) is 7.22. The standard InChI is InChI=1S/C15H17ClN4O2/c1-4-20-13(12(16)9(2)19-20)15(22)18-11-7-5-6-10(8-11)14(21)17-3/h5-8H,4H2,1-3H3,(H,17,21)(H,18,22). The Morgan fingerprint density at radius 2 is 2.05 bits per heavy atom. The van der Waals surface area contributed by atoms with Crippen molar-refractivity contribution in [1.29, 1.82) is 0 Å². The van der Waals surface area contributed by atoms with Gasteiger partial charge in [0, 0.05) is 24.8 Å². The Balaban J connectivity index is 2.28. The maximum absolute atomic E-state index is 12.4. The van der Waals surface area contributed by atoms with Crippen molar-refractivity contribution in [3.05, 3.63) is 46.2 Å². The van der Waals surface area contributed by atoms with Crippen LogP contribution in [0, 0.1) is 6.92 Å². The molecule has 22 heavy (non-hydrogen) atoms. The minimum atomic E-state index is -0.360. The Hall–Kier alpha value is -2.34. The molecule has 0 aliphatic carbocycles. The summed E-state index contributed by atoms with van der Waals surface area (Å²) in [6.07, 6.45) is 0. The van der Waals surface area contributed by atoms with Gasteiger partial charge >= 0.3 is 0 Å². The molecule has 0 aliphatic heterocycles. The molecule has 0 saturated carbocycles. The van der Waals surface area contributed by atoms with E-state index >= 15 is 0 Å². The average Bonchev–Trinajstić information content (AvgIpc) is 2.81. The highest BCUT2D eigenvalue weighted by Crippen LogP contribution is 2.22. The second kappa shape index (κ2) is 6.62. The number of halogens is 1. The lowest BCUT2D eigenvalue weighted by Gasteiger charge is -2.08. The van der Waals surface area contributed by atoms with Gasteiger partial charge in [0.2, 0.25) is 0 Å². The van der Waals surface area contributed by atoms with Gasteiger partial charge in [0.25, 0.3) is 11.8 Å². The zero-order chi connectivity index (χ0) is 16.3. The normalized spacial score (nSPS) is 10.4. The minimum Gasteiger partial charge on any atom is -0.355 e. The lowest BCUT2D eigenvalue weighted by molar-refractivity contribution is 0.0961. The fourth-order valence-electron chi connectivity index (χ4n) is 2.08. The van der Waals surface area contributed by atoms with Gasteiger partial charge in [-0.15, -0.1) is 0 Å². The van der Waals surface area contributed by atoms with Crippen LogP contribution < -0.4 is 10.6 Å². The average molecular weight is 321 g/mol. The number of aromatic nitrogens is 2. The number of amides is 2. The largest absolute Gasteiger partial charge is 0.355 e. The smallest absolute Gasteiger partial charge is 0.275 e. The van der Waals surface area contributed by atoms with Crippen LogP contribution in [0.3, 0.4) is 0 Å². The molecule has 116 valence electrons. The third-order valence-electron chi connectivity index (χ3n) is 3.18. The first-order chi connectivity index (χ1) is 10.5. The molecule has 0 radical (unpaired) electrons. The summed E-state index contributed by atoms with van der Waals surface area (Å²) in [6.45, 7) is 4.16. The van der Waals surface area contributed by atoms with Crippen LogP contribution in [0.1, 0.15) is 33.5 Å². The van der Waals surface area contributed by atoms with Crippen molar-refractivity contribution < 1.29 is 9.59 Å². The highest BCUT2D eigenvalue weighted by Gasteiger charge is 2.20. The van der Waals surface area contributed by atoms with Crippen molar-refractivity contribution in [2.75, 3.05) is 12.4 Å². The number of hydrogen-bond donors (Lipinski definition) is 2. The zero-order valence-corrected chi connectivity index (χ0v) is 13.4. The Kier molecular flexibility index (Phi) is 4.82. The van der Waals surface area contributed by atoms with Gasteiger partial charge in [0.05, 0.1) is 10.7 Å². The third-order valence-corrected chi connectivity index (χ3v) is 3.63. The number of anilines is 1. The second-order valence-electron chi connectivity index (χ2n) is 4.68. The van der Waals surface area contributed by atoms with E-state index in [9.17, 15) is 9.59 Å². The van der Waals surface area contributed by atoms with Gasteiger partial charge < -0.3 is 10.6 Å². The molecular formula is C15H17ClN4O2. The van der Waals surface area contributed by atoms with Crippen molar-refractivity contribution in [1.82, 2.24) is 15.1 Å². The summed E-state index contributed by atoms with van der Waals surface area (Å²) in [4.78, 5) is 24.0. The number of hydrogen-bond acceptors (Lipinski definition) is 3. The topological polar surface area (TPSA) is 76.0 Å². The third kappa shape index (κ3) is 3.12. The fourth-order valence-corrected chi connectivity index (χ4v) is 2.30. The van der Waals surface area contributed by atoms with Crippen LogP contribution >= 0.6 is 11.6 Å². The first-order valence-electron chi connectivity index (χ1n) is 6.84. The Bertz CT molecular complexity index is 724. The summed E-state index contributed by atoms with van der Waals surface area (Å²) in [6, 6.07) is 6.67. The van der Waals surface area contributed by atoms with Crippen molar-refractivity contribution >= 4 is 29.1 Å². The molecule has 1 heterocycles. The van der Waals surface area contributed by atoms with E-state index in [0.717, 1.165) is 0 Å². The van der Waals surface area contributed by atoms with Crippen molar-refractivity contribution in [2.24, 2.45) is 0 Å². The van der Waals surface area contributed by atoms with Crippen LogP contribution in [0.4, 0.5) is 5.69 Å². The molecular weight excluding hydrogens is 304 g/mol. The molecule has 0 fully saturated rings. The van der Waals surface area contributed by atoms with Crippen LogP contribution in [0.2, 0.25) is 5.02 Å². The summed E-state index contributed by atoms with van der Waals surface area (Å²) in [7, 11) is 1.55. The molecule has 2 rings (SSSR count). The molecule has 2 N–H and O–H groups in total. The first kappa shape index (κ1) is 16.0. The maximum atomic E-state index is 12.4. The van der Waals surface area contributed by atoms with Gasteiger partial charge in [-0.3, -0.25) is 14.3 Å². The van der Waals surface area contributed by atoms with Crippen molar-refractivity contribution in [3.63, 3.8) is 0 Å². The van der Waals surface area contributed by atoms with E-state index in [1.165, 1.54) is 0 Å². The molecule has 6 nitrogen and oxygen atoms in total. The highest BCUT2D eigenvalue weighted by molar-refractivity contribution is 6.34. The summed E-state index contributed by atoms with van der Waals surface area (Å²) < 4.78 is 1.55. The van der Waals surface area contributed by atoms with E-state index in [0.29, 0.717) is 34.2 Å². The predicted molar refractivity (Wildman–Crippen MR) is 85.4 cm³/mol. The van der Waals surface area contributed by atoms with E-state index in [2.05, 4.69) is 15.7 Å². The van der Waals surface area contributed by atoms with E-state index in [-0.39, 0.29) is 11.8 Å². The van der Waals surface area contributed by atoms with E-state index < -0.39 is 0 Å². The fraction of sp³-hybridized carbons (Fsp3) is 0.267. The second-order valence-corrected chi connectivity index (χ2v) is 5.06. The van der Waals surface area contributed by atoms with Crippen LogP contribution in [0.25, 0.3) is 0 Å². The summed E-state index contributed by atoms with van der Waals surface area (Å²) in [5.74, 6) is -0.579. The monoisotopic (exact) mass is 320 g/mol. The Morgan fingerprint density at radius 3 is 2.68 bits per heavy atom. The van der Waals surface area contributed by atoms with E-state index in [4.69, 9.17) is 11.6 Å². The Labute approximate surface area is 133 Å². The molecule has 0 atom stereocenters. The van der Waals surface area contributed by atoms with Crippen molar-refractivity contribution in [3.8, 4) is 0 Å². The van der Waals surface area contributed by atoms with E-state index in [1.807, 2.05) is 6.92 Å². The van der Waals surface area contributed by atoms with Crippen LogP contribution in [0.5, 0.6) is 0 Å². The van der Waals surface area contributed by atoms with Crippen molar-refractivity contribution in [2.45, 2.75) is 20.4 Å². The number of nitrogens with zero attached hydrogens (tertiary/aromatic N) is 2.